The third kappa shape index (κ3) is 2.70. The summed E-state index contributed by atoms with van der Waals surface area (Å²) in [5.74, 6) is -0.755. The van der Waals surface area contributed by atoms with Crippen molar-refractivity contribution in [2.24, 2.45) is 0 Å². The molecule has 0 fully saturated rings. The number of rotatable bonds is 5. The van der Waals surface area contributed by atoms with Crippen LogP contribution in [0.25, 0.3) is 10.1 Å². The molecular weight excluding hydrogens is 252 g/mol. The van der Waals surface area contributed by atoms with Crippen molar-refractivity contribution in [3.05, 3.63) is 35.2 Å². The highest BCUT2D eigenvalue weighted by Gasteiger charge is 2.28. The molecule has 18 heavy (non-hydrogen) atoms. The highest BCUT2D eigenvalue weighted by Crippen LogP contribution is 2.31. The van der Waals surface area contributed by atoms with E-state index in [4.69, 9.17) is 0 Å². The van der Waals surface area contributed by atoms with Gasteiger partial charge in [0.25, 0.3) is 0 Å². The van der Waals surface area contributed by atoms with E-state index in [1.54, 1.807) is 11.3 Å². The molecule has 0 saturated heterocycles. The van der Waals surface area contributed by atoms with E-state index in [9.17, 15) is 8.78 Å². The summed E-state index contributed by atoms with van der Waals surface area (Å²) in [5.41, 5.74) is 0.712. The first-order valence-electron chi connectivity index (χ1n) is 6.12. The molecule has 1 heterocycles. The number of alkyl halides is 2. The Morgan fingerprint density at radius 2 is 2.06 bits per heavy atom. The lowest BCUT2D eigenvalue weighted by Crippen LogP contribution is -2.35. The average Bonchev–Trinajstić information content (AvgIpc) is 2.76. The number of nitrogens with one attached hydrogen (secondary N) is 1. The number of fused-ring (bicyclic) bond motifs is 1. The zero-order valence-electron chi connectivity index (χ0n) is 10.5. The molecule has 98 valence electrons. The lowest BCUT2D eigenvalue weighted by molar-refractivity contribution is 0.0984. The Morgan fingerprint density at radius 3 is 2.72 bits per heavy atom. The van der Waals surface area contributed by atoms with Gasteiger partial charge in [0.2, 0.25) is 6.43 Å². The lowest BCUT2D eigenvalue weighted by atomic mass is 9.92. The summed E-state index contributed by atoms with van der Waals surface area (Å²) in [6.07, 6.45) is -2.35. The van der Waals surface area contributed by atoms with Crippen LogP contribution in [0.2, 0.25) is 0 Å². The van der Waals surface area contributed by atoms with Crippen LogP contribution in [0, 0.1) is 0 Å². The Bertz CT molecular complexity index is 509. The van der Waals surface area contributed by atoms with Gasteiger partial charge in [-0.2, -0.15) is 0 Å². The van der Waals surface area contributed by atoms with Gasteiger partial charge in [-0.25, -0.2) is 8.78 Å². The first kappa shape index (κ1) is 13.4. The van der Waals surface area contributed by atoms with E-state index in [0.717, 1.165) is 10.1 Å². The van der Waals surface area contributed by atoms with Crippen molar-refractivity contribution in [2.75, 3.05) is 6.54 Å². The SMILES string of the molecule is CCNC(C)C(c1ccc2sccc2c1)C(F)F. The Kier molecular flexibility index (Phi) is 4.30. The highest BCUT2D eigenvalue weighted by molar-refractivity contribution is 7.17. The van der Waals surface area contributed by atoms with Gasteiger partial charge in [0.05, 0.1) is 5.92 Å². The maximum Gasteiger partial charge on any atom is 0.246 e. The Labute approximate surface area is 110 Å². The average molecular weight is 269 g/mol. The topological polar surface area (TPSA) is 12.0 Å². The molecule has 0 radical (unpaired) electrons. The van der Waals surface area contributed by atoms with Gasteiger partial charge in [0, 0.05) is 10.7 Å². The van der Waals surface area contributed by atoms with Gasteiger partial charge in [-0.05, 0) is 48.0 Å². The normalized spacial score (nSPS) is 15.2. The molecule has 0 aliphatic heterocycles. The molecule has 0 aliphatic rings. The van der Waals surface area contributed by atoms with E-state index in [2.05, 4.69) is 5.32 Å². The monoisotopic (exact) mass is 269 g/mol. The molecule has 1 N–H and O–H groups in total. The van der Waals surface area contributed by atoms with Gasteiger partial charge < -0.3 is 5.32 Å². The standard InChI is InChI=1S/C14H17F2NS/c1-3-17-9(2)13(14(15)16)11-4-5-12-10(8-11)6-7-18-12/h4-9,13-14,17H,3H2,1-2H3. The van der Waals surface area contributed by atoms with Crippen molar-refractivity contribution in [3.63, 3.8) is 0 Å². The summed E-state index contributed by atoms with van der Waals surface area (Å²) in [5, 5.41) is 6.12. The smallest absolute Gasteiger partial charge is 0.246 e. The number of likely N-dealkylation sites (N-methyl/N-ethyl adjacent to an activating group) is 1. The van der Waals surface area contributed by atoms with Gasteiger partial charge in [-0.1, -0.05) is 13.0 Å². The molecule has 1 aromatic heterocycles. The van der Waals surface area contributed by atoms with Crippen LogP contribution in [0.3, 0.4) is 0 Å². The molecule has 0 saturated carbocycles. The van der Waals surface area contributed by atoms with E-state index >= 15 is 0 Å². The first-order valence-corrected chi connectivity index (χ1v) is 7.00. The minimum absolute atomic E-state index is 0.230. The predicted molar refractivity (Wildman–Crippen MR) is 73.7 cm³/mol. The van der Waals surface area contributed by atoms with E-state index in [-0.39, 0.29) is 6.04 Å². The van der Waals surface area contributed by atoms with Crippen LogP contribution >= 0.6 is 11.3 Å². The molecule has 1 aromatic carbocycles. The summed E-state index contributed by atoms with van der Waals surface area (Å²) in [4.78, 5) is 0. The van der Waals surface area contributed by atoms with Crippen LogP contribution in [-0.4, -0.2) is 19.0 Å². The van der Waals surface area contributed by atoms with Crippen molar-refractivity contribution < 1.29 is 8.78 Å². The Balaban J connectivity index is 2.34. The summed E-state index contributed by atoms with van der Waals surface area (Å²) in [7, 11) is 0. The second kappa shape index (κ2) is 5.76. The summed E-state index contributed by atoms with van der Waals surface area (Å²) in [6, 6.07) is 7.39. The third-order valence-corrected chi connectivity index (χ3v) is 4.10. The van der Waals surface area contributed by atoms with Gasteiger partial charge >= 0.3 is 0 Å². The van der Waals surface area contributed by atoms with E-state index in [1.165, 1.54) is 0 Å². The number of halogens is 2. The fourth-order valence-electron chi connectivity index (χ4n) is 2.29. The van der Waals surface area contributed by atoms with Crippen LogP contribution in [0.15, 0.2) is 29.6 Å². The third-order valence-electron chi connectivity index (χ3n) is 3.20. The summed E-state index contributed by atoms with van der Waals surface area (Å²) in [6.45, 7) is 4.45. The number of hydrogen-bond acceptors (Lipinski definition) is 2. The van der Waals surface area contributed by atoms with Gasteiger partial charge in [0.1, 0.15) is 0 Å². The Hall–Kier alpha value is -1.00. The Morgan fingerprint density at radius 1 is 1.28 bits per heavy atom. The second-order valence-electron chi connectivity index (χ2n) is 4.42. The molecule has 2 unspecified atom stereocenters. The number of hydrogen-bond donors (Lipinski definition) is 1. The minimum atomic E-state index is -2.35. The maximum atomic E-state index is 13.2. The predicted octanol–water partition coefficient (Wildman–Crippen LogP) is 4.25. The number of benzene rings is 1. The maximum absolute atomic E-state index is 13.2. The molecule has 1 nitrogen and oxygen atoms in total. The van der Waals surface area contributed by atoms with Crippen LogP contribution in [0.4, 0.5) is 8.78 Å². The van der Waals surface area contributed by atoms with E-state index in [1.807, 2.05) is 43.5 Å². The molecule has 0 aliphatic carbocycles. The fraction of sp³-hybridized carbons (Fsp3) is 0.429. The zero-order valence-corrected chi connectivity index (χ0v) is 11.3. The van der Waals surface area contributed by atoms with Crippen molar-refractivity contribution in [3.8, 4) is 0 Å². The largest absolute Gasteiger partial charge is 0.314 e. The van der Waals surface area contributed by atoms with Crippen molar-refractivity contribution in [2.45, 2.75) is 32.2 Å². The van der Waals surface area contributed by atoms with Gasteiger partial charge in [0.15, 0.2) is 0 Å². The molecule has 0 spiro atoms. The fourth-order valence-corrected chi connectivity index (χ4v) is 3.06. The highest BCUT2D eigenvalue weighted by atomic mass is 32.1. The van der Waals surface area contributed by atoms with Crippen LogP contribution in [0.1, 0.15) is 25.3 Å². The molecule has 2 rings (SSSR count). The van der Waals surface area contributed by atoms with Crippen molar-refractivity contribution >= 4 is 21.4 Å². The summed E-state index contributed by atoms with van der Waals surface area (Å²) >= 11 is 1.63. The van der Waals surface area contributed by atoms with E-state index in [0.29, 0.717) is 12.1 Å². The number of thiophene rings is 1. The van der Waals surface area contributed by atoms with Gasteiger partial charge in [-0.3, -0.25) is 0 Å². The minimum Gasteiger partial charge on any atom is -0.314 e. The first-order chi connectivity index (χ1) is 8.63. The van der Waals surface area contributed by atoms with E-state index < -0.39 is 12.3 Å². The lowest BCUT2D eigenvalue weighted by Gasteiger charge is -2.24. The van der Waals surface area contributed by atoms with Crippen LogP contribution in [-0.2, 0) is 0 Å². The molecular formula is C14H17F2NS. The van der Waals surface area contributed by atoms with Crippen molar-refractivity contribution in [1.29, 1.82) is 0 Å². The zero-order chi connectivity index (χ0) is 13.1. The van der Waals surface area contributed by atoms with Crippen molar-refractivity contribution in [1.82, 2.24) is 5.32 Å². The quantitative estimate of drug-likeness (QED) is 0.855. The van der Waals surface area contributed by atoms with Gasteiger partial charge in [-0.15, -0.1) is 11.3 Å². The second-order valence-corrected chi connectivity index (χ2v) is 5.37. The molecule has 0 amide bonds. The van der Waals surface area contributed by atoms with Crippen LogP contribution < -0.4 is 5.32 Å². The molecule has 2 aromatic rings. The molecule has 0 bridgehead atoms. The molecule has 4 heteroatoms. The summed E-state index contributed by atoms with van der Waals surface area (Å²) < 4.78 is 27.6. The van der Waals surface area contributed by atoms with Crippen LogP contribution in [0.5, 0.6) is 0 Å². The molecule has 2 atom stereocenters.